The summed E-state index contributed by atoms with van der Waals surface area (Å²) in [4.78, 5) is 13.8. The first-order valence-corrected chi connectivity index (χ1v) is 11.1. The summed E-state index contributed by atoms with van der Waals surface area (Å²) < 4.78 is 28.5. The third kappa shape index (κ3) is 2.99. The average Bonchev–Trinajstić information content (AvgIpc) is 3.28. The van der Waals surface area contributed by atoms with Gasteiger partial charge < -0.3 is 33.9 Å². The second kappa shape index (κ2) is 8.09. The van der Waals surface area contributed by atoms with Gasteiger partial charge in [-0.15, -0.1) is 0 Å². The molecule has 0 bridgehead atoms. The maximum absolute atomic E-state index is 13.8. The van der Waals surface area contributed by atoms with Gasteiger partial charge >= 0.3 is 0 Å². The van der Waals surface area contributed by atoms with Crippen molar-refractivity contribution in [1.29, 1.82) is 0 Å². The van der Waals surface area contributed by atoms with E-state index in [9.17, 15) is 15.0 Å². The van der Waals surface area contributed by atoms with E-state index in [0.717, 1.165) is 0 Å². The van der Waals surface area contributed by atoms with Crippen molar-refractivity contribution < 1.29 is 38.7 Å². The number of aliphatic hydroxyl groups is 1. The highest BCUT2D eigenvalue weighted by atomic mass is 16.5. The van der Waals surface area contributed by atoms with Gasteiger partial charge in [0.25, 0.3) is 0 Å². The van der Waals surface area contributed by atoms with E-state index in [1.54, 1.807) is 49.6 Å². The molecule has 1 aliphatic heterocycles. The Kier molecular flexibility index (Phi) is 5.29. The van der Waals surface area contributed by atoms with Gasteiger partial charge in [-0.2, -0.15) is 0 Å². The Labute approximate surface area is 202 Å². The number of ketones is 1. The number of carbonyl (C=O) groups is 1. The number of rotatable bonds is 6. The molecule has 0 saturated heterocycles. The minimum absolute atomic E-state index is 0.0192. The van der Waals surface area contributed by atoms with Gasteiger partial charge in [-0.1, -0.05) is 18.2 Å². The molecule has 0 radical (unpaired) electrons. The van der Waals surface area contributed by atoms with Crippen molar-refractivity contribution in [3.8, 4) is 34.5 Å². The minimum atomic E-state index is -2.07. The molecule has 1 aliphatic carbocycles. The highest BCUT2D eigenvalue weighted by Crippen LogP contribution is 2.68. The average molecular weight is 478 g/mol. The highest BCUT2D eigenvalue weighted by molar-refractivity contribution is 5.97. The lowest BCUT2D eigenvalue weighted by molar-refractivity contribution is -0.151. The van der Waals surface area contributed by atoms with Gasteiger partial charge in [0.05, 0.1) is 34.0 Å². The lowest BCUT2D eigenvalue weighted by atomic mass is 9.71. The van der Waals surface area contributed by atoms with Crippen LogP contribution >= 0.6 is 0 Å². The number of hydrogen-bond donors (Lipinski definition) is 2. The van der Waals surface area contributed by atoms with E-state index in [4.69, 9.17) is 23.7 Å². The number of phenolic OH excluding ortho intramolecular Hbond substituents is 1. The van der Waals surface area contributed by atoms with E-state index < -0.39 is 22.9 Å². The molecule has 182 valence electrons. The summed E-state index contributed by atoms with van der Waals surface area (Å²) in [5.41, 5.74) is -2.18. The third-order valence-corrected chi connectivity index (χ3v) is 7.06. The van der Waals surface area contributed by atoms with Gasteiger partial charge in [0.15, 0.2) is 17.0 Å². The number of methoxy groups -OCH3 is 4. The van der Waals surface area contributed by atoms with E-state index in [1.165, 1.54) is 33.5 Å². The van der Waals surface area contributed by atoms with E-state index in [0.29, 0.717) is 28.4 Å². The smallest absolute Gasteiger partial charge is 0.200 e. The number of ether oxygens (including phenoxy) is 5. The number of carbonyl (C=O) groups excluding carboxylic acids is 1. The van der Waals surface area contributed by atoms with Gasteiger partial charge in [0.1, 0.15) is 34.5 Å². The lowest BCUT2D eigenvalue weighted by Gasteiger charge is -2.39. The Morgan fingerprint density at radius 3 is 2.17 bits per heavy atom. The van der Waals surface area contributed by atoms with Crippen LogP contribution in [0.25, 0.3) is 0 Å². The molecule has 2 N–H and O–H groups in total. The Morgan fingerprint density at radius 1 is 0.857 bits per heavy atom. The zero-order chi connectivity index (χ0) is 25.0. The molecule has 8 nitrogen and oxygen atoms in total. The quantitative estimate of drug-likeness (QED) is 0.553. The van der Waals surface area contributed by atoms with Crippen molar-refractivity contribution >= 4 is 5.78 Å². The summed E-state index contributed by atoms with van der Waals surface area (Å²) in [7, 11) is 6.03. The summed E-state index contributed by atoms with van der Waals surface area (Å²) in [6, 6.07) is 15.0. The maximum Gasteiger partial charge on any atom is 0.200 e. The van der Waals surface area contributed by atoms with Gasteiger partial charge in [-0.05, 0) is 18.2 Å². The molecule has 8 heteroatoms. The molecule has 0 unspecified atom stereocenters. The fourth-order valence-electron chi connectivity index (χ4n) is 5.49. The van der Waals surface area contributed by atoms with E-state index in [1.807, 2.05) is 0 Å². The summed E-state index contributed by atoms with van der Waals surface area (Å²) >= 11 is 0. The van der Waals surface area contributed by atoms with Gasteiger partial charge in [-0.25, -0.2) is 0 Å². The molecular weight excluding hydrogens is 452 g/mol. The van der Waals surface area contributed by atoms with Crippen LogP contribution in [0.5, 0.6) is 34.5 Å². The van der Waals surface area contributed by atoms with Crippen LogP contribution in [-0.2, 0) is 16.0 Å². The van der Waals surface area contributed by atoms with E-state index in [2.05, 4.69) is 0 Å². The topological polar surface area (TPSA) is 104 Å². The predicted octanol–water partition coefficient (Wildman–Crippen LogP) is 3.66. The van der Waals surface area contributed by atoms with Crippen molar-refractivity contribution in [2.45, 2.75) is 23.5 Å². The van der Waals surface area contributed by atoms with Crippen molar-refractivity contribution in [3.63, 3.8) is 0 Å². The van der Waals surface area contributed by atoms with Crippen LogP contribution in [0.3, 0.4) is 0 Å². The minimum Gasteiger partial charge on any atom is -0.508 e. The normalized spacial score (nSPS) is 24.4. The molecule has 0 spiro atoms. The van der Waals surface area contributed by atoms with Gasteiger partial charge in [-0.3, -0.25) is 4.79 Å². The lowest BCUT2D eigenvalue weighted by Crippen LogP contribution is -2.50. The first-order valence-electron chi connectivity index (χ1n) is 11.1. The molecule has 35 heavy (non-hydrogen) atoms. The number of phenols is 1. The zero-order valence-corrected chi connectivity index (χ0v) is 19.8. The molecule has 3 atom stereocenters. The predicted molar refractivity (Wildman–Crippen MR) is 126 cm³/mol. The third-order valence-electron chi connectivity index (χ3n) is 7.06. The van der Waals surface area contributed by atoms with Crippen LogP contribution in [0.2, 0.25) is 0 Å². The number of hydrogen-bond acceptors (Lipinski definition) is 8. The molecule has 1 heterocycles. The van der Waals surface area contributed by atoms with Gasteiger partial charge in [0, 0.05) is 41.7 Å². The summed E-state index contributed by atoms with van der Waals surface area (Å²) in [6.45, 7) is 0. The molecule has 3 aromatic carbocycles. The molecule has 2 aliphatic rings. The number of benzene rings is 3. The molecule has 3 aromatic rings. The fraction of sp³-hybridized carbons (Fsp3) is 0.296. The highest BCUT2D eigenvalue weighted by Gasteiger charge is 2.74. The van der Waals surface area contributed by atoms with Crippen LogP contribution < -0.4 is 23.7 Å². The van der Waals surface area contributed by atoms with Gasteiger partial charge in [0.2, 0.25) is 0 Å². The first kappa shape index (κ1) is 22.9. The second-order valence-electron chi connectivity index (χ2n) is 8.59. The molecule has 1 fully saturated rings. The van der Waals surface area contributed by atoms with E-state index in [-0.39, 0.29) is 29.2 Å². The first-order chi connectivity index (χ1) is 16.8. The van der Waals surface area contributed by atoms with Crippen molar-refractivity contribution in [2.24, 2.45) is 0 Å². The van der Waals surface area contributed by atoms with Crippen LogP contribution in [0.15, 0.2) is 54.6 Å². The number of fused-ring (bicyclic) bond motifs is 3. The van der Waals surface area contributed by atoms with Crippen molar-refractivity contribution in [3.05, 3.63) is 71.3 Å². The summed E-state index contributed by atoms with van der Waals surface area (Å²) in [6.07, 6.45) is -0.0295. The fourth-order valence-corrected chi connectivity index (χ4v) is 5.49. The van der Waals surface area contributed by atoms with E-state index >= 15 is 0 Å². The Morgan fingerprint density at radius 2 is 1.54 bits per heavy atom. The molecular formula is C27H26O8. The Balaban J connectivity index is 1.83. The van der Waals surface area contributed by atoms with Crippen LogP contribution in [0.1, 0.15) is 29.0 Å². The van der Waals surface area contributed by atoms with Crippen molar-refractivity contribution in [2.75, 3.05) is 28.4 Å². The Hall–Kier alpha value is -3.91. The molecule has 5 rings (SSSR count). The van der Waals surface area contributed by atoms with Crippen LogP contribution in [0.4, 0.5) is 0 Å². The largest absolute Gasteiger partial charge is 0.508 e. The molecule has 0 aromatic heterocycles. The Bertz CT molecular complexity index is 1300. The summed E-state index contributed by atoms with van der Waals surface area (Å²) in [5.74, 6) is 0.962. The molecule has 0 amide bonds. The number of Topliss-reactive ketones (excluding diaryl/α,β-unsaturated/α-hetero) is 1. The van der Waals surface area contributed by atoms with Crippen molar-refractivity contribution in [1.82, 2.24) is 0 Å². The maximum atomic E-state index is 13.8. The van der Waals surface area contributed by atoms with Crippen LogP contribution in [-0.4, -0.2) is 44.4 Å². The van der Waals surface area contributed by atoms with Crippen LogP contribution in [0, 0.1) is 0 Å². The zero-order valence-electron chi connectivity index (χ0n) is 19.8. The summed E-state index contributed by atoms with van der Waals surface area (Å²) in [5, 5.41) is 22.4. The second-order valence-corrected chi connectivity index (χ2v) is 8.59. The molecule has 1 saturated carbocycles. The SMILES string of the molecule is COc1ccc([C@@]23Oc4cc(OC)cc(OC)c4[C@]2(O)C(=O)C[C@H]3c2ccc(O)cc2OC)cc1. The standard InChI is InChI=1S/C27H26O8/c1-31-17-8-5-15(6-9-17)27-20(19-10-7-16(28)11-21(19)33-3)14-24(29)26(27,30)25-22(34-4)12-18(32-2)13-23(25)35-27/h5-13,20,28,30H,14H2,1-4H3/t20-,26+,27-/m0/s1. The number of aromatic hydroxyl groups is 1. The monoisotopic (exact) mass is 478 g/mol.